The van der Waals surface area contributed by atoms with Crippen molar-refractivity contribution in [3.8, 4) is 0 Å². The molecule has 0 rings (SSSR count). The minimum atomic E-state index is -1.96. The Morgan fingerprint density at radius 1 is 1.70 bits per heavy atom. The molecule has 0 heterocycles. The number of amides is 1. The molecule has 2 N–H and O–H groups in total. The third-order valence-electron chi connectivity index (χ3n) is 0.968. The molecule has 56 valence electrons. The van der Waals surface area contributed by atoms with E-state index in [-0.39, 0.29) is 5.41 Å². The maximum atomic E-state index is 10.7. The second-order valence-corrected chi connectivity index (χ2v) is 4.08. The van der Waals surface area contributed by atoms with Crippen LogP contribution in [-0.2, 0) is 4.79 Å². The number of rotatable bonds is 3. The van der Waals surface area contributed by atoms with E-state index in [0.29, 0.717) is 0 Å². The van der Waals surface area contributed by atoms with Crippen molar-refractivity contribution in [3.05, 3.63) is 12.7 Å². The second kappa shape index (κ2) is 3.83. The Balaban J connectivity index is 3.84. The lowest BCUT2D eigenvalue weighted by molar-refractivity contribution is -0.108. The molecule has 10 heavy (non-hydrogen) atoms. The largest absolute Gasteiger partial charge is 0.466 e. The molecule has 0 fully saturated rings. The second-order valence-electron chi connectivity index (χ2n) is 1.78. The van der Waals surface area contributed by atoms with Crippen LogP contribution in [0.4, 0.5) is 4.79 Å². The number of hydrogen-bond donors (Lipinski definition) is 2. The zero-order chi connectivity index (χ0) is 8.15. The highest BCUT2D eigenvalue weighted by atomic mass is 28.3. The molecule has 0 saturated carbocycles. The van der Waals surface area contributed by atoms with Crippen molar-refractivity contribution in [1.29, 1.82) is 0 Å². The van der Waals surface area contributed by atoms with Crippen molar-refractivity contribution in [3.63, 3.8) is 0 Å². The standard InChI is InChI=1S/C5H9NO3Si/c1-3-4(7)10(2)6-5(8)9/h3,6,10H,1H2,2H3,(H,8,9). The topological polar surface area (TPSA) is 66.4 Å². The average Bonchev–Trinajstić information content (AvgIpc) is 1.85. The van der Waals surface area contributed by atoms with Crippen molar-refractivity contribution in [2.45, 2.75) is 6.55 Å². The van der Waals surface area contributed by atoms with Gasteiger partial charge in [-0.3, -0.25) is 4.79 Å². The third-order valence-corrected chi connectivity index (χ3v) is 2.74. The molecule has 0 aliphatic carbocycles. The number of hydrogen-bond acceptors (Lipinski definition) is 2. The quantitative estimate of drug-likeness (QED) is 0.446. The minimum absolute atomic E-state index is 0.192. The van der Waals surface area contributed by atoms with E-state index in [0.717, 1.165) is 6.08 Å². The number of carbonyl (C=O) groups excluding carboxylic acids is 1. The molecular formula is C5H9NO3Si. The van der Waals surface area contributed by atoms with E-state index in [4.69, 9.17) is 5.11 Å². The highest BCUT2D eigenvalue weighted by Crippen LogP contribution is 1.80. The van der Waals surface area contributed by atoms with Gasteiger partial charge in [0.25, 0.3) is 0 Å². The fraction of sp³-hybridized carbons (Fsp3) is 0.200. The van der Waals surface area contributed by atoms with Crippen molar-refractivity contribution >= 4 is 20.5 Å². The van der Waals surface area contributed by atoms with Crippen LogP contribution in [-0.4, -0.2) is 25.6 Å². The molecule has 1 unspecified atom stereocenters. The zero-order valence-corrected chi connectivity index (χ0v) is 6.78. The molecular weight excluding hydrogens is 150 g/mol. The van der Waals surface area contributed by atoms with E-state index in [2.05, 4.69) is 11.6 Å². The minimum Gasteiger partial charge on any atom is -0.466 e. The summed E-state index contributed by atoms with van der Waals surface area (Å²) < 4.78 is 0. The van der Waals surface area contributed by atoms with E-state index < -0.39 is 15.1 Å². The Morgan fingerprint density at radius 2 is 2.20 bits per heavy atom. The molecule has 0 aliphatic heterocycles. The van der Waals surface area contributed by atoms with E-state index in [1.165, 1.54) is 0 Å². The van der Waals surface area contributed by atoms with Crippen LogP contribution in [0.15, 0.2) is 12.7 Å². The van der Waals surface area contributed by atoms with Gasteiger partial charge in [0.05, 0.1) is 0 Å². The summed E-state index contributed by atoms with van der Waals surface area (Å²) >= 11 is 0. The summed E-state index contributed by atoms with van der Waals surface area (Å²) in [7, 11) is -1.96. The summed E-state index contributed by atoms with van der Waals surface area (Å²) in [6.45, 7) is 4.84. The van der Waals surface area contributed by atoms with Crippen LogP contribution < -0.4 is 4.98 Å². The first-order chi connectivity index (χ1) is 4.57. The van der Waals surface area contributed by atoms with Gasteiger partial charge in [-0.2, -0.15) is 0 Å². The molecule has 0 aromatic rings. The zero-order valence-electron chi connectivity index (χ0n) is 5.63. The van der Waals surface area contributed by atoms with Gasteiger partial charge < -0.3 is 10.1 Å². The van der Waals surface area contributed by atoms with Crippen LogP contribution in [0.25, 0.3) is 0 Å². The van der Waals surface area contributed by atoms with Crippen LogP contribution in [0.2, 0.25) is 6.55 Å². The third kappa shape index (κ3) is 3.03. The van der Waals surface area contributed by atoms with Gasteiger partial charge in [-0.1, -0.05) is 6.58 Å². The molecule has 0 aromatic carbocycles. The summed E-state index contributed by atoms with van der Waals surface area (Å²) in [4.78, 5) is 22.8. The predicted molar refractivity (Wildman–Crippen MR) is 39.4 cm³/mol. The Morgan fingerprint density at radius 3 is 2.50 bits per heavy atom. The molecule has 1 amide bonds. The Labute approximate surface area is 60.2 Å². The molecule has 0 saturated heterocycles. The maximum Gasteiger partial charge on any atom is 0.396 e. The van der Waals surface area contributed by atoms with E-state index in [1.807, 2.05) is 0 Å². The lowest BCUT2D eigenvalue weighted by atomic mass is 10.7. The van der Waals surface area contributed by atoms with Crippen LogP contribution >= 0.6 is 0 Å². The highest BCUT2D eigenvalue weighted by Gasteiger charge is 2.13. The van der Waals surface area contributed by atoms with Gasteiger partial charge in [0, 0.05) is 0 Å². The molecule has 0 radical (unpaired) electrons. The van der Waals surface area contributed by atoms with E-state index in [9.17, 15) is 9.59 Å². The Bertz CT molecular complexity index is 168. The summed E-state index contributed by atoms with van der Waals surface area (Å²) in [6.07, 6.45) is 0.00156. The van der Waals surface area contributed by atoms with Crippen molar-refractivity contribution in [1.82, 2.24) is 4.98 Å². The first-order valence-corrected chi connectivity index (χ1v) is 5.04. The van der Waals surface area contributed by atoms with Gasteiger partial charge in [0.1, 0.15) is 0 Å². The molecule has 4 nitrogen and oxygen atoms in total. The van der Waals surface area contributed by atoms with Crippen LogP contribution in [0.3, 0.4) is 0 Å². The fourth-order valence-electron chi connectivity index (χ4n) is 0.433. The summed E-state index contributed by atoms with van der Waals surface area (Å²) in [5.41, 5.74) is 0. The number of carbonyl (C=O) groups is 2. The van der Waals surface area contributed by atoms with Crippen LogP contribution in [0.1, 0.15) is 0 Å². The van der Waals surface area contributed by atoms with Gasteiger partial charge in [-0.25, -0.2) is 4.79 Å². The van der Waals surface area contributed by atoms with Gasteiger partial charge in [-0.15, -0.1) is 0 Å². The summed E-state index contributed by atoms with van der Waals surface area (Å²) in [5, 5.41) is 7.97. The smallest absolute Gasteiger partial charge is 0.396 e. The van der Waals surface area contributed by atoms with Crippen molar-refractivity contribution in [2.24, 2.45) is 0 Å². The van der Waals surface area contributed by atoms with Gasteiger partial charge in [0.2, 0.25) is 8.96 Å². The van der Waals surface area contributed by atoms with Crippen molar-refractivity contribution in [2.75, 3.05) is 0 Å². The molecule has 0 aliphatic rings. The number of carboxylic acid groups (broad SMARTS) is 1. The lowest BCUT2D eigenvalue weighted by Crippen LogP contribution is -2.41. The van der Waals surface area contributed by atoms with Crippen molar-refractivity contribution < 1.29 is 14.7 Å². The number of allylic oxidation sites excluding steroid dienone is 1. The highest BCUT2D eigenvalue weighted by molar-refractivity contribution is 6.90. The summed E-state index contributed by atoms with van der Waals surface area (Å²) in [6, 6.07) is 0. The monoisotopic (exact) mass is 159 g/mol. The lowest BCUT2D eigenvalue weighted by Gasteiger charge is -2.03. The summed E-state index contributed by atoms with van der Waals surface area (Å²) in [5.74, 6) is 0. The molecule has 1 atom stereocenters. The molecule has 0 spiro atoms. The fourth-order valence-corrected chi connectivity index (χ4v) is 1.30. The van der Waals surface area contributed by atoms with Gasteiger partial charge in [0.15, 0.2) is 5.41 Å². The average molecular weight is 159 g/mol. The van der Waals surface area contributed by atoms with Gasteiger partial charge >= 0.3 is 6.09 Å². The Hall–Kier alpha value is -1.10. The number of nitrogens with one attached hydrogen (secondary N) is 1. The molecule has 0 aromatic heterocycles. The Kier molecular flexibility index (Phi) is 3.41. The predicted octanol–water partition coefficient (Wildman–Crippen LogP) is -0.0981. The first-order valence-electron chi connectivity index (χ1n) is 2.73. The van der Waals surface area contributed by atoms with E-state index >= 15 is 0 Å². The molecule has 0 bridgehead atoms. The van der Waals surface area contributed by atoms with Crippen LogP contribution in [0, 0.1) is 0 Å². The maximum absolute atomic E-state index is 10.7. The van der Waals surface area contributed by atoms with Crippen LogP contribution in [0.5, 0.6) is 0 Å². The van der Waals surface area contributed by atoms with Gasteiger partial charge in [-0.05, 0) is 12.6 Å². The first kappa shape index (κ1) is 8.90. The SMILES string of the molecule is C=CC(=O)[SiH](C)NC(=O)O. The molecule has 5 heteroatoms. The normalized spacial score (nSPS) is 11.7. The van der Waals surface area contributed by atoms with E-state index in [1.54, 1.807) is 6.55 Å².